The number of nitrogens with zero attached hydrogens (tertiary/aromatic N) is 3. The van der Waals surface area contributed by atoms with Crippen molar-refractivity contribution in [1.82, 2.24) is 14.5 Å². The molecule has 5 heteroatoms. The quantitative estimate of drug-likeness (QED) is 0.593. The minimum absolute atomic E-state index is 0.0862. The first-order chi connectivity index (χ1) is 8.13. The van der Waals surface area contributed by atoms with Crippen LogP contribution in [0.2, 0.25) is 0 Å². The molecule has 1 heterocycles. The maximum absolute atomic E-state index is 12.0. The molecule has 0 aromatic carbocycles. The maximum atomic E-state index is 12.0. The van der Waals surface area contributed by atoms with Gasteiger partial charge in [0.25, 0.3) is 0 Å². The average molecular weight is 253 g/mol. The highest BCUT2D eigenvalue weighted by Crippen LogP contribution is 2.27. The summed E-state index contributed by atoms with van der Waals surface area (Å²) in [4.78, 5) is 18.3. The summed E-state index contributed by atoms with van der Waals surface area (Å²) in [5, 5.41) is 0.934. The lowest BCUT2D eigenvalue weighted by Gasteiger charge is -2.15. The van der Waals surface area contributed by atoms with Crippen molar-refractivity contribution in [3.8, 4) is 0 Å². The van der Waals surface area contributed by atoms with Crippen molar-refractivity contribution in [2.75, 3.05) is 26.9 Å². The first-order valence-corrected chi connectivity index (χ1v) is 7.17. The summed E-state index contributed by atoms with van der Waals surface area (Å²) in [5.74, 6) is 0. The van der Waals surface area contributed by atoms with Crippen LogP contribution in [0.5, 0.6) is 0 Å². The van der Waals surface area contributed by atoms with Gasteiger partial charge in [0.2, 0.25) is 0 Å². The van der Waals surface area contributed by atoms with Gasteiger partial charge in [0.1, 0.15) is 5.03 Å². The van der Waals surface area contributed by atoms with Crippen LogP contribution in [0.3, 0.4) is 0 Å². The third-order valence-electron chi connectivity index (χ3n) is 3.16. The molecule has 17 heavy (non-hydrogen) atoms. The number of hydrogen-bond donors (Lipinski definition) is 0. The SMILES string of the molecule is CSc1nc(=O)n(CCN(C)C)c2c1CCC2. The van der Waals surface area contributed by atoms with Crippen molar-refractivity contribution in [1.29, 1.82) is 0 Å². The Morgan fingerprint density at radius 3 is 2.82 bits per heavy atom. The van der Waals surface area contributed by atoms with E-state index in [9.17, 15) is 4.79 Å². The Labute approximate surface area is 106 Å². The molecule has 1 aliphatic carbocycles. The predicted octanol–water partition coefficient (Wildman–Crippen LogP) is 1.02. The summed E-state index contributed by atoms with van der Waals surface area (Å²) in [5.41, 5.74) is 2.43. The third kappa shape index (κ3) is 2.55. The van der Waals surface area contributed by atoms with E-state index < -0.39 is 0 Å². The van der Waals surface area contributed by atoms with Crippen LogP contribution in [0.25, 0.3) is 0 Å². The molecule has 4 nitrogen and oxygen atoms in total. The normalized spacial score (nSPS) is 14.4. The smallest absolute Gasteiger partial charge is 0.308 e. The van der Waals surface area contributed by atoms with E-state index in [2.05, 4.69) is 9.88 Å². The van der Waals surface area contributed by atoms with Crippen molar-refractivity contribution in [3.05, 3.63) is 21.7 Å². The lowest BCUT2D eigenvalue weighted by atomic mass is 10.2. The molecule has 0 amide bonds. The molecule has 1 aliphatic rings. The van der Waals surface area contributed by atoms with Crippen LogP contribution in [0.15, 0.2) is 9.82 Å². The van der Waals surface area contributed by atoms with Gasteiger partial charge in [0.05, 0.1) is 0 Å². The summed E-state index contributed by atoms with van der Waals surface area (Å²) < 4.78 is 1.86. The summed E-state index contributed by atoms with van der Waals surface area (Å²) in [6, 6.07) is 0. The van der Waals surface area contributed by atoms with Crippen molar-refractivity contribution in [3.63, 3.8) is 0 Å². The Kier molecular flexibility index (Phi) is 3.89. The largest absolute Gasteiger partial charge is 0.348 e. The second-order valence-electron chi connectivity index (χ2n) is 4.64. The van der Waals surface area contributed by atoms with E-state index in [4.69, 9.17) is 0 Å². The molecule has 0 unspecified atom stereocenters. The Morgan fingerprint density at radius 2 is 2.18 bits per heavy atom. The number of hydrogen-bond acceptors (Lipinski definition) is 4. The highest BCUT2D eigenvalue weighted by atomic mass is 32.2. The Balaban J connectivity index is 2.39. The van der Waals surface area contributed by atoms with E-state index in [0.29, 0.717) is 0 Å². The number of thioether (sulfide) groups is 1. The molecular weight excluding hydrogens is 234 g/mol. The fraction of sp³-hybridized carbons (Fsp3) is 0.667. The Hall–Kier alpha value is -0.810. The molecule has 0 saturated heterocycles. The minimum Gasteiger partial charge on any atom is -0.308 e. The van der Waals surface area contributed by atoms with Gasteiger partial charge in [-0.05, 0) is 39.6 Å². The van der Waals surface area contributed by atoms with Gasteiger partial charge in [0.15, 0.2) is 0 Å². The van der Waals surface area contributed by atoms with Crippen LogP contribution in [-0.4, -0.2) is 41.3 Å². The van der Waals surface area contributed by atoms with Gasteiger partial charge in [-0.3, -0.25) is 4.57 Å². The molecule has 1 aromatic heterocycles. The van der Waals surface area contributed by atoms with Gasteiger partial charge in [-0.1, -0.05) is 0 Å². The Bertz CT molecular complexity index is 468. The molecule has 0 spiro atoms. The molecule has 0 atom stereocenters. The summed E-state index contributed by atoms with van der Waals surface area (Å²) in [6.45, 7) is 1.63. The zero-order valence-corrected chi connectivity index (χ0v) is 11.5. The van der Waals surface area contributed by atoms with Crippen molar-refractivity contribution < 1.29 is 0 Å². The fourth-order valence-electron chi connectivity index (χ4n) is 2.29. The van der Waals surface area contributed by atoms with Gasteiger partial charge >= 0.3 is 5.69 Å². The highest BCUT2D eigenvalue weighted by Gasteiger charge is 2.20. The van der Waals surface area contributed by atoms with Gasteiger partial charge < -0.3 is 4.90 Å². The van der Waals surface area contributed by atoms with Crippen LogP contribution in [0.1, 0.15) is 17.7 Å². The maximum Gasteiger partial charge on any atom is 0.348 e. The first-order valence-electron chi connectivity index (χ1n) is 5.94. The molecule has 0 N–H and O–H groups in total. The van der Waals surface area contributed by atoms with Gasteiger partial charge in [-0.2, -0.15) is 4.98 Å². The molecular formula is C12H19N3OS. The molecule has 0 saturated carbocycles. The minimum atomic E-state index is -0.0862. The lowest BCUT2D eigenvalue weighted by molar-refractivity contribution is 0.375. The zero-order valence-electron chi connectivity index (χ0n) is 10.7. The highest BCUT2D eigenvalue weighted by molar-refractivity contribution is 7.98. The van der Waals surface area contributed by atoms with Gasteiger partial charge in [-0.25, -0.2) is 4.79 Å². The fourth-order valence-corrected chi connectivity index (χ4v) is 2.92. The second-order valence-corrected chi connectivity index (χ2v) is 5.43. The number of fused-ring (bicyclic) bond motifs is 1. The monoisotopic (exact) mass is 253 g/mol. The topological polar surface area (TPSA) is 38.1 Å². The van der Waals surface area contributed by atoms with Crippen molar-refractivity contribution in [2.45, 2.75) is 30.8 Å². The first kappa shape index (κ1) is 12.6. The number of likely N-dealkylation sites (N-methyl/N-ethyl adjacent to an activating group) is 1. The van der Waals surface area contributed by atoms with E-state index in [0.717, 1.165) is 37.4 Å². The molecule has 0 bridgehead atoms. The van der Waals surface area contributed by atoms with E-state index in [1.165, 1.54) is 11.3 Å². The van der Waals surface area contributed by atoms with Gasteiger partial charge in [0, 0.05) is 24.3 Å². The Morgan fingerprint density at radius 1 is 1.41 bits per heavy atom. The van der Waals surface area contributed by atoms with Crippen molar-refractivity contribution >= 4 is 11.8 Å². The second kappa shape index (κ2) is 5.23. The summed E-state index contributed by atoms with van der Waals surface area (Å²) >= 11 is 1.59. The summed E-state index contributed by atoms with van der Waals surface area (Å²) in [6.07, 6.45) is 5.23. The van der Waals surface area contributed by atoms with Crippen LogP contribution >= 0.6 is 11.8 Å². The van der Waals surface area contributed by atoms with Crippen LogP contribution < -0.4 is 5.69 Å². The molecule has 2 rings (SSSR count). The van der Waals surface area contributed by atoms with E-state index >= 15 is 0 Å². The van der Waals surface area contributed by atoms with Crippen LogP contribution in [-0.2, 0) is 19.4 Å². The third-order valence-corrected chi connectivity index (χ3v) is 3.89. The van der Waals surface area contributed by atoms with Crippen LogP contribution in [0.4, 0.5) is 0 Å². The molecule has 94 valence electrons. The summed E-state index contributed by atoms with van der Waals surface area (Å²) in [7, 11) is 4.05. The van der Waals surface area contributed by atoms with E-state index in [1.54, 1.807) is 11.8 Å². The average Bonchev–Trinajstić information content (AvgIpc) is 2.75. The molecule has 0 fully saturated rings. The van der Waals surface area contributed by atoms with E-state index in [1.807, 2.05) is 24.9 Å². The van der Waals surface area contributed by atoms with E-state index in [-0.39, 0.29) is 5.69 Å². The molecule has 0 radical (unpaired) electrons. The lowest BCUT2D eigenvalue weighted by Crippen LogP contribution is -2.31. The zero-order chi connectivity index (χ0) is 12.4. The van der Waals surface area contributed by atoms with Gasteiger partial charge in [-0.15, -0.1) is 11.8 Å². The number of rotatable bonds is 4. The molecule has 0 aliphatic heterocycles. The number of aromatic nitrogens is 2. The van der Waals surface area contributed by atoms with Crippen molar-refractivity contribution in [2.24, 2.45) is 0 Å². The van der Waals surface area contributed by atoms with Crippen LogP contribution in [0, 0.1) is 0 Å². The standard InChI is InChI=1S/C12H19N3OS/c1-14(2)7-8-15-10-6-4-5-9(10)11(17-3)13-12(15)16/h4-8H2,1-3H3. The molecule has 1 aromatic rings. The predicted molar refractivity (Wildman–Crippen MR) is 70.9 cm³/mol.